The molecule has 120 valence electrons. The van der Waals surface area contributed by atoms with Crippen LogP contribution in [0.4, 0.5) is 11.4 Å². The smallest absolute Gasteiger partial charge is 0.335 e. The van der Waals surface area contributed by atoms with E-state index in [0.29, 0.717) is 17.1 Å². The summed E-state index contributed by atoms with van der Waals surface area (Å²) < 4.78 is 1.31. The van der Waals surface area contributed by atoms with Crippen LogP contribution in [0.2, 0.25) is 0 Å². The first kappa shape index (κ1) is 15.4. The first-order valence-electron chi connectivity index (χ1n) is 7.18. The molecule has 7 nitrogen and oxygen atoms in total. The number of carbonyl (C=O) groups is 1. The van der Waals surface area contributed by atoms with Gasteiger partial charge in [0.05, 0.1) is 22.6 Å². The molecule has 7 heteroatoms. The van der Waals surface area contributed by atoms with Crippen LogP contribution in [0.5, 0.6) is 0 Å². The fraction of sp³-hybridized carbons (Fsp3) is 0.0588. The first-order chi connectivity index (χ1) is 11.6. The summed E-state index contributed by atoms with van der Waals surface area (Å²) in [6.07, 6.45) is 0. The van der Waals surface area contributed by atoms with E-state index < -0.39 is 5.97 Å². The van der Waals surface area contributed by atoms with Crippen molar-refractivity contribution in [3.05, 3.63) is 76.2 Å². The van der Waals surface area contributed by atoms with E-state index >= 15 is 0 Å². The molecule has 0 spiro atoms. The average Bonchev–Trinajstić information content (AvgIpc) is 2.88. The monoisotopic (exact) mass is 322 g/mol. The molecule has 1 aromatic heterocycles. The van der Waals surface area contributed by atoms with Gasteiger partial charge in [0, 0.05) is 0 Å². The van der Waals surface area contributed by atoms with Gasteiger partial charge in [-0.25, -0.2) is 9.48 Å². The Kier molecular flexibility index (Phi) is 4.07. The highest BCUT2D eigenvalue weighted by Gasteiger charge is 2.12. The van der Waals surface area contributed by atoms with Crippen molar-refractivity contribution in [3.63, 3.8) is 0 Å². The summed E-state index contributed by atoms with van der Waals surface area (Å²) in [5, 5.41) is 19.9. The highest BCUT2D eigenvalue weighted by molar-refractivity contribution is 5.87. The Morgan fingerprint density at radius 1 is 1.04 bits per heavy atom. The normalized spacial score (nSPS) is 11.0. The summed E-state index contributed by atoms with van der Waals surface area (Å²) >= 11 is 0. The fourth-order valence-electron chi connectivity index (χ4n) is 2.19. The van der Waals surface area contributed by atoms with E-state index in [4.69, 9.17) is 5.11 Å². The number of hydrogen-bond donors (Lipinski definition) is 2. The van der Waals surface area contributed by atoms with E-state index in [1.54, 1.807) is 31.2 Å². The van der Waals surface area contributed by atoms with Gasteiger partial charge in [-0.05, 0) is 43.3 Å². The van der Waals surface area contributed by atoms with Crippen LogP contribution in [-0.2, 0) is 0 Å². The number of aromatic nitrogens is 2. The van der Waals surface area contributed by atoms with Crippen molar-refractivity contribution in [1.82, 2.24) is 9.78 Å². The van der Waals surface area contributed by atoms with E-state index in [2.05, 4.69) is 15.3 Å². The summed E-state index contributed by atoms with van der Waals surface area (Å²) in [5.74, 6) is -1.02. The average molecular weight is 322 g/mol. The minimum absolute atomic E-state index is 0.152. The molecule has 0 atom stereocenters. The minimum Gasteiger partial charge on any atom is -0.478 e. The van der Waals surface area contributed by atoms with Gasteiger partial charge in [0.1, 0.15) is 0 Å². The second-order valence-electron chi connectivity index (χ2n) is 5.11. The molecule has 2 N–H and O–H groups in total. The molecule has 0 amide bonds. The van der Waals surface area contributed by atoms with Crippen molar-refractivity contribution in [1.29, 1.82) is 0 Å². The van der Waals surface area contributed by atoms with Crippen LogP contribution >= 0.6 is 0 Å². The third-order valence-electron chi connectivity index (χ3n) is 3.43. The number of H-pyrrole nitrogens is 1. The van der Waals surface area contributed by atoms with Crippen LogP contribution in [0.15, 0.2) is 69.6 Å². The lowest BCUT2D eigenvalue weighted by Gasteiger charge is -2.01. The molecule has 0 saturated carbocycles. The van der Waals surface area contributed by atoms with E-state index in [9.17, 15) is 9.59 Å². The molecule has 0 radical (unpaired) electrons. The molecular formula is C17H14N4O3. The number of aryl methyl sites for hydroxylation is 1. The maximum atomic E-state index is 12.5. The Hall–Kier alpha value is -3.48. The Labute approximate surface area is 136 Å². The van der Waals surface area contributed by atoms with Crippen LogP contribution < -0.4 is 5.56 Å². The Morgan fingerprint density at radius 2 is 1.71 bits per heavy atom. The van der Waals surface area contributed by atoms with Gasteiger partial charge in [0.2, 0.25) is 0 Å². The van der Waals surface area contributed by atoms with Crippen molar-refractivity contribution >= 4 is 17.3 Å². The Balaban J connectivity index is 1.96. The standard InChI is InChI=1S/C17H14N4O3/c1-11-15(19-18-13-5-3-2-4-6-13)16(22)21(20-11)14-9-7-12(8-10-14)17(23)24/h2-10,20H,1H3,(H,23,24). The van der Waals surface area contributed by atoms with Crippen LogP contribution in [0.3, 0.4) is 0 Å². The van der Waals surface area contributed by atoms with Crippen LogP contribution in [0.1, 0.15) is 16.1 Å². The Morgan fingerprint density at radius 3 is 2.33 bits per heavy atom. The fourth-order valence-corrected chi connectivity index (χ4v) is 2.19. The van der Waals surface area contributed by atoms with Gasteiger partial charge in [-0.15, -0.1) is 5.11 Å². The van der Waals surface area contributed by atoms with Crippen LogP contribution in [0, 0.1) is 6.92 Å². The molecule has 3 rings (SSSR count). The summed E-state index contributed by atoms with van der Waals surface area (Å²) in [6.45, 7) is 1.73. The summed E-state index contributed by atoms with van der Waals surface area (Å²) in [7, 11) is 0. The van der Waals surface area contributed by atoms with Gasteiger partial charge in [0.25, 0.3) is 5.56 Å². The molecule has 2 aromatic carbocycles. The number of aromatic amines is 1. The van der Waals surface area contributed by atoms with Gasteiger partial charge in [-0.3, -0.25) is 9.89 Å². The minimum atomic E-state index is -1.02. The summed E-state index contributed by atoms with van der Waals surface area (Å²) in [4.78, 5) is 23.4. The third-order valence-corrected chi connectivity index (χ3v) is 3.43. The molecule has 0 aliphatic heterocycles. The second-order valence-corrected chi connectivity index (χ2v) is 5.11. The lowest BCUT2D eigenvalue weighted by Crippen LogP contribution is -2.14. The van der Waals surface area contributed by atoms with Crippen molar-refractivity contribution in [3.8, 4) is 5.69 Å². The lowest BCUT2D eigenvalue weighted by atomic mass is 10.2. The maximum absolute atomic E-state index is 12.5. The predicted molar refractivity (Wildman–Crippen MR) is 88.7 cm³/mol. The molecular weight excluding hydrogens is 308 g/mol. The lowest BCUT2D eigenvalue weighted by molar-refractivity contribution is 0.0697. The van der Waals surface area contributed by atoms with Gasteiger partial charge < -0.3 is 5.11 Å². The van der Waals surface area contributed by atoms with Gasteiger partial charge in [-0.2, -0.15) is 5.11 Å². The molecule has 0 fully saturated rings. The molecule has 3 aromatic rings. The largest absolute Gasteiger partial charge is 0.478 e. The Bertz CT molecular complexity index is 954. The van der Waals surface area contributed by atoms with Crippen molar-refractivity contribution < 1.29 is 9.90 Å². The van der Waals surface area contributed by atoms with Crippen molar-refractivity contribution in [2.75, 3.05) is 0 Å². The number of nitrogens with one attached hydrogen (secondary N) is 1. The van der Waals surface area contributed by atoms with E-state index in [1.807, 2.05) is 18.2 Å². The number of carboxylic acid groups (broad SMARTS) is 1. The summed E-state index contributed by atoms with van der Waals surface area (Å²) in [5.41, 5.74) is 1.75. The number of nitrogens with zero attached hydrogens (tertiary/aromatic N) is 3. The molecule has 0 saturated heterocycles. The van der Waals surface area contributed by atoms with Gasteiger partial charge in [0.15, 0.2) is 5.69 Å². The molecule has 24 heavy (non-hydrogen) atoms. The number of azo groups is 1. The van der Waals surface area contributed by atoms with Crippen LogP contribution in [0.25, 0.3) is 5.69 Å². The molecule has 1 heterocycles. The van der Waals surface area contributed by atoms with Gasteiger partial charge >= 0.3 is 5.97 Å². The predicted octanol–water partition coefficient (Wildman–Crippen LogP) is 3.59. The molecule has 0 aliphatic carbocycles. The number of hydrogen-bond acceptors (Lipinski definition) is 4. The highest BCUT2D eigenvalue weighted by atomic mass is 16.4. The zero-order valence-electron chi connectivity index (χ0n) is 12.8. The van der Waals surface area contributed by atoms with Crippen molar-refractivity contribution in [2.45, 2.75) is 6.92 Å². The van der Waals surface area contributed by atoms with E-state index in [1.165, 1.54) is 16.8 Å². The van der Waals surface area contributed by atoms with Crippen molar-refractivity contribution in [2.24, 2.45) is 10.2 Å². The first-order valence-corrected chi connectivity index (χ1v) is 7.18. The van der Waals surface area contributed by atoms with E-state index in [-0.39, 0.29) is 16.8 Å². The quantitative estimate of drug-likeness (QED) is 0.718. The topological polar surface area (TPSA) is 99.8 Å². The molecule has 0 unspecified atom stereocenters. The number of rotatable bonds is 4. The SMILES string of the molecule is Cc1[nH]n(-c2ccc(C(=O)O)cc2)c(=O)c1N=Nc1ccccc1. The van der Waals surface area contributed by atoms with Gasteiger partial charge in [-0.1, -0.05) is 18.2 Å². The third kappa shape index (κ3) is 3.00. The zero-order valence-corrected chi connectivity index (χ0v) is 12.8. The summed E-state index contributed by atoms with van der Waals surface area (Å²) in [6, 6.07) is 15.1. The maximum Gasteiger partial charge on any atom is 0.335 e. The number of aromatic carboxylic acids is 1. The zero-order chi connectivity index (χ0) is 17.1. The molecule has 0 bridgehead atoms. The van der Waals surface area contributed by atoms with Crippen LogP contribution in [-0.4, -0.2) is 20.9 Å². The second kappa shape index (κ2) is 6.33. The number of benzene rings is 2. The van der Waals surface area contributed by atoms with E-state index in [0.717, 1.165) is 0 Å². The number of carboxylic acids is 1. The molecule has 0 aliphatic rings. The highest BCUT2D eigenvalue weighted by Crippen LogP contribution is 2.18.